The number of fused-ring (bicyclic) bond motifs is 3. The van der Waals surface area contributed by atoms with Crippen LogP contribution in [-0.4, -0.2) is 55.2 Å². The topological polar surface area (TPSA) is 132 Å². The fourth-order valence-corrected chi connectivity index (χ4v) is 5.92. The van der Waals surface area contributed by atoms with E-state index in [0.29, 0.717) is 54.2 Å². The molecule has 1 aromatic heterocycles. The van der Waals surface area contributed by atoms with Crippen LogP contribution < -0.4 is 26.0 Å². The Bertz CT molecular complexity index is 1240. The van der Waals surface area contributed by atoms with Crippen LogP contribution in [0, 0.1) is 17.8 Å². The standard InChI is InChI=1S/C26H31ClN6O4/c1-36-11-10-33-19-9-8-18(23(37-2)16(19)4-3-5-20(33)34)30-26-29-13-17(27)25(32-26)31-22-15-7-6-14(12-15)21(22)24(28)35/h6-9,13-15,21-22H,3-5,10-12H2,1-2H3,(H2,28,35)(H2,29,30,31,32)/t14-,15+,21+,22-/m0/s1. The summed E-state index contributed by atoms with van der Waals surface area (Å²) in [5, 5.41) is 6.95. The third-order valence-corrected chi connectivity index (χ3v) is 7.73. The van der Waals surface area contributed by atoms with Crippen molar-refractivity contribution in [1.29, 1.82) is 0 Å². The molecule has 1 fully saturated rings. The molecule has 2 aliphatic carbocycles. The summed E-state index contributed by atoms with van der Waals surface area (Å²) in [6.45, 7) is 0.912. The van der Waals surface area contributed by atoms with Crippen LogP contribution >= 0.6 is 11.6 Å². The summed E-state index contributed by atoms with van der Waals surface area (Å²) < 4.78 is 11.0. The van der Waals surface area contributed by atoms with Crippen molar-refractivity contribution in [3.05, 3.63) is 41.1 Å². The SMILES string of the molecule is COCCN1C(=O)CCCc2c1ccc(Nc1ncc(Cl)c(N[C@@H]3[C@H](C(N)=O)[C@H]4C=C[C@@H]3C4)n1)c2OC. The first-order valence-electron chi connectivity index (χ1n) is 12.4. The van der Waals surface area contributed by atoms with E-state index in [-0.39, 0.29) is 35.6 Å². The van der Waals surface area contributed by atoms with E-state index in [9.17, 15) is 9.59 Å². The molecule has 1 saturated carbocycles. The van der Waals surface area contributed by atoms with E-state index in [0.717, 1.165) is 24.1 Å². The number of carbonyl (C=O) groups is 2. The first-order valence-corrected chi connectivity index (χ1v) is 12.8. The molecule has 2 aromatic rings. The molecule has 4 N–H and O–H groups in total. The van der Waals surface area contributed by atoms with E-state index in [4.69, 9.17) is 26.8 Å². The molecule has 4 atom stereocenters. The van der Waals surface area contributed by atoms with Crippen LogP contribution in [0.3, 0.4) is 0 Å². The van der Waals surface area contributed by atoms with Gasteiger partial charge in [-0.05, 0) is 43.2 Å². The van der Waals surface area contributed by atoms with Gasteiger partial charge in [-0.1, -0.05) is 23.8 Å². The zero-order chi connectivity index (χ0) is 26.1. The molecule has 5 rings (SSSR count). The van der Waals surface area contributed by atoms with Crippen LogP contribution in [0.4, 0.5) is 23.1 Å². The van der Waals surface area contributed by atoms with Crippen molar-refractivity contribution in [1.82, 2.24) is 9.97 Å². The molecular weight excluding hydrogens is 496 g/mol. The third-order valence-electron chi connectivity index (χ3n) is 7.45. The van der Waals surface area contributed by atoms with Gasteiger partial charge in [-0.15, -0.1) is 0 Å². The Morgan fingerprint density at radius 3 is 2.81 bits per heavy atom. The van der Waals surface area contributed by atoms with Crippen molar-refractivity contribution in [2.75, 3.05) is 42.9 Å². The highest BCUT2D eigenvalue weighted by Crippen LogP contribution is 2.45. The molecule has 0 radical (unpaired) electrons. The van der Waals surface area contributed by atoms with E-state index >= 15 is 0 Å². The normalized spacial score (nSPS) is 24.1. The number of rotatable bonds is 9. The first-order chi connectivity index (χ1) is 17.9. The van der Waals surface area contributed by atoms with E-state index in [2.05, 4.69) is 32.8 Å². The quantitative estimate of drug-likeness (QED) is 0.424. The second-order valence-electron chi connectivity index (χ2n) is 9.60. The Hall–Kier alpha value is -3.37. The molecule has 37 heavy (non-hydrogen) atoms. The number of allylic oxidation sites excluding steroid dienone is 1. The number of halogens is 1. The minimum Gasteiger partial charge on any atom is -0.494 e. The van der Waals surface area contributed by atoms with Crippen molar-refractivity contribution in [2.45, 2.75) is 31.7 Å². The van der Waals surface area contributed by atoms with E-state index < -0.39 is 0 Å². The van der Waals surface area contributed by atoms with Crippen molar-refractivity contribution >= 4 is 46.6 Å². The molecule has 196 valence electrons. The van der Waals surface area contributed by atoms with Gasteiger partial charge in [0.25, 0.3) is 0 Å². The van der Waals surface area contributed by atoms with Gasteiger partial charge < -0.3 is 30.7 Å². The molecule has 0 saturated heterocycles. The van der Waals surface area contributed by atoms with Crippen molar-refractivity contribution in [3.63, 3.8) is 0 Å². The van der Waals surface area contributed by atoms with Gasteiger partial charge in [-0.25, -0.2) is 4.98 Å². The number of aromatic nitrogens is 2. The summed E-state index contributed by atoms with van der Waals surface area (Å²) >= 11 is 6.43. The van der Waals surface area contributed by atoms with E-state index in [1.807, 2.05) is 12.1 Å². The lowest BCUT2D eigenvalue weighted by atomic mass is 9.88. The van der Waals surface area contributed by atoms with Crippen LogP contribution in [0.1, 0.15) is 24.8 Å². The lowest BCUT2D eigenvalue weighted by Crippen LogP contribution is -2.41. The fourth-order valence-electron chi connectivity index (χ4n) is 5.77. The van der Waals surface area contributed by atoms with Crippen molar-refractivity contribution < 1.29 is 19.1 Å². The zero-order valence-electron chi connectivity index (χ0n) is 20.9. The highest BCUT2D eigenvalue weighted by atomic mass is 35.5. The predicted octanol–water partition coefficient (Wildman–Crippen LogP) is 3.29. The summed E-state index contributed by atoms with van der Waals surface area (Å²) in [6, 6.07) is 3.59. The number of methoxy groups -OCH3 is 2. The lowest BCUT2D eigenvalue weighted by Gasteiger charge is -2.27. The van der Waals surface area contributed by atoms with Gasteiger partial charge in [0.2, 0.25) is 17.8 Å². The van der Waals surface area contributed by atoms with E-state index in [1.165, 1.54) is 6.20 Å². The van der Waals surface area contributed by atoms with Gasteiger partial charge >= 0.3 is 0 Å². The largest absolute Gasteiger partial charge is 0.494 e. The molecule has 3 aliphatic rings. The van der Waals surface area contributed by atoms with Crippen molar-refractivity contribution in [3.8, 4) is 5.75 Å². The molecule has 2 amide bonds. The predicted molar refractivity (Wildman–Crippen MR) is 141 cm³/mol. The second kappa shape index (κ2) is 10.5. The monoisotopic (exact) mass is 526 g/mol. The minimum absolute atomic E-state index is 0.0695. The molecule has 0 spiro atoms. The zero-order valence-corrected chi connectivity index (χ0v) is 21.6. The molecule has 2 bridgehead atoms. The number of hydrogen-bond acceptors (Lipinski definition) is 8. The van der Waals surface area contributed by atoms with Crippen molar-refractivity contribution in [2.24, 2.45) is 23.5 Å². The van der Waals surface area contributed by atoms with Crippen LogP contribution in [0.2, 0.25) is 5.02 Å². The Morgan fingerprint density at radius 1 is 1.24 bits per heavy atom. The number of amides is 2. The molecule has 2 heterocycles. The summed E-state index contributed by atoms with van der Waals surface area (Å²) in [5.41, 5.74) is 8.15. The van der Waals surface area contributed by atoms with Crippen LogP contribution in [0.25, 0.3) is 0 Å². The van der Waals surface area contributed by atoms with Crippen LogP contribution in [-0.2, 0) is 20.7 Å². The summed E-state index contributed by atoms with van der Waals surface area (Å²) in [7, 11) is 3.23. The number of nitrogens with zero attached hydrogens (tertiary/aromatic N) is 3. The third kappa shape index (κ3) is 4.83. The number of benzene rings is 1. The molecule has 0 unspecified atom stereocenters. The number of nitrogens with two attached hydrogens (primary N) is 1. The minimum atomic E-state index is -0.328. The van der Waals surface area contributed by atoms with Gasteiger partial charge in [-0.3, -0.25) is 9.59 Å². The molecule has 10 nitrogen and oxygen atoms in total. The number of anilines is 4. The van der Waals surface area contributed by atoms with Gasteiger partial charge in [0.15, 0.2) is 5.82 Å². The maximum absolute atomic E-state index is 12.7. The van der Waals surface area contributed by atoms with Gasteiger partial charge in [-0.2, -0.15) is 4.98 Å². The Balaban J connectivity index is 1.42. The lowest BCUT2D eigenvalue weighted by molar-refractivity contribution is -0.122. The second-order valence-corrected chi connectivity index (χ2v) is 10.0. The van der Waals surface area contributed by atoms with Gasteiger partial charge in [0.05, 0.1) is 37.2 Å². The highest BCUT2D eigenvalue weighted by Gasteiger charge is 2.47. The molecule has 1 aliphatic heterocycles. The maximum atomic E-state index is 12.7. The fraction of sp³-hybridized carbons (Fsp3) is 0.462. The average molecular weight is 527 g/mol. The number of nitrogens with one attached hydrogen (secondary N) is 2. The summed E-state index contributed by atoms with van der Waals surface area (Å²) in [5.74, 6) is 1.14. The number of primary amides is 1. The van der Waals surface area contributed by atoms with Crippen LogP contribution in [0.5, 0.6) is 5.75 Å². The first kappa shape index (κ1) is 25.3. The molecule has 1 aromatic carbocycles. The number of hydrogen-bond donors (Lipinski definition) is 3. The number of carbonyl (C=O) groups excluding carboxylic acids is 2. The van der Waals surface area contributed by atoms with Gasteiger partial charge in [0.1, 0.15) is 10.8 Å². The highest BCUT2D eigenvalue weighted by molar-refractivity contribution is 6.32. The molecule has 11 heteroatoms. The summed E-state index contributed by atoms with van der Waals surface area (Å²) in [4.78, 5) is 35.6. The average Bonchev–Trinajstić information content (AvgIpc) is 3.44. The Morgan fingerprint density at radius 2 is 2.05 bits per heavy atom. The van der Waals surface area contributed by atoms with Crippen LogP contribution in [0.15, 0.2) is 30.5 Å². The van der Waals surface area contributed by atoms with E-state index in [1.54, 1.807) is 19.1 Å². The number of ether oxygens (including phenoxy) is 2. The Kier molecular flexibility index (Phi) is 7.21. The maximum Gasteiger partial charge on any atom is 0.229 e. The smallest absolute Gasteiger partial charge is 0.229 e. The molecular formula is C26H31ClN6O4. The summed E-state index contributed by atoms with van der Waals surface area (Å²) in [6.07, 6.45) is 8.48. The van der Waals surface area contributed by atoms with Gasteiger partial charge in [0, 0.05) is 31.7 Å². The Labute approximate surface area is 220 Å².